The maximum absolute atomic E-state index is 13.2. The number of methoxy groups -OCH3 is 1. The lowest BCUT2D eigenvalue weighted by Gasteiger charge is -2.09. The predicted molar refractivity (Wildman–Crippen MR) is 108 cm³/mol. The molecule has 0 aliphatic carbocycles. The maximum atomic E-state index is 13.2. The van der Waals surface area contributed by atoms with Crippen LogP contribution in [-0.2, 0) is 11.3 Å². The van der Waals surface area contributed by atoms with Gasteiger partial charge in [0.2, 0.25) is 5.91 Å². The Morgan fingerprint density at radius 3 is 2.90 bits per heavy atom. The van der Waals surface area contributed by atoms with Crippen LogP contribution in [0.1, 0.15) is 0 Å². The van der Waals surface area contributed by atoms with Crippen LogP contribution in [0.5, 0.6) is 11.5 Å². The fraction of sp³-hybridized carbons (Fsp3) is 0.100. The van der Waals surface area contributed by atoms with Crippen LogP contribution in [0.25, 0.3) is 10.9 Å². The summed E-state index contributed by atoms with van der Waals surface area (Å²) in [6.45, 7) is -0.0512. The van der Waals surface area contributed by atoms with E-state index in [0.717, 1.165) is 0 Å². The Morgan fingerprint density at radius 2 is 2.10 bits per heavy atom. The second-order valence-corrected chi connectivity index (χ2v) is 6.37. The Hall–Kier alpha value is -4.21. The SMILES string of the molecule is COc1cc2c(Nc3cnn(CC(=O)Nc4cccc(F)c4)c3)ncnc2cc1O. The minimum absolute atomic E-state index is 0.0215. The van der Waals surface area contributed by atoms with Crippen LogP contribution in [0.3, 0.4) is 0 Å². The number of ether oxygens (including phenoxy) is 1. The molecule has 152 valence electrons. The molecule has 0 bridgehead atoms. The molecule has 10 heteroatoms. The molecule has 1 amide bonds. The van der Waals surface area contributed by atoms with E-state index in [2.05, 4.69) is 25.7 Å². The largest absolute Gasteiger partial charge is 0.504 e. The van der Waals surface area contributed by atoms with E-state index in [9.17, 15) is 14.3 Å². The summed E-state index contributed by atoms with van der Waals surface area (Å²) in [5.74, 6) is -0.0118. The molecule has 30 heavy (non-hydrogen) atoms. The van der Waals surface area contributed by atoms with Gasteiger partial charge in [0.05, 0.1) is 24.5 Å². The van der Waals surface area contributed by atoms with Crippen molar-refractivity contribution in [2.24, 2.45) is 0 Å². The number of amides is 1. The number of anilines is 3. The lowest BCUT2D eigenvalue weighted by molar-refractivity contribution is -0.116. The lowest BCUT2D eigenvalue weighted by atomic mass is 10.2. The van der Waals surface area contributed by atoms with Crippen molar-refractivity contribution in [3.8, 4) is 11.5 Å². The van der Waals surface area contributed by atoms with Crippen molar-refractivity contribution >= 4 is 34.0 Å². The number of hydrogen-bond donors (Lipinski definition) is 3. The number of halogens is 1. The van der Waals surface area contributed by atoms with Gasteiger partial charge in [-0.15, -0.1) is 0 Å². The number of carbonyl (C=O) groups excluding carboxylic acids is 1. The van der Waals surface area contributed by atoms with Gasteiger partial charge in [-0.25, -0.2) is 14.4 Å². The van der Waals surface area contributed by atoms with Crippen molar-refractivity contribution in [1.29, 1.82) is 0 Å². The summed E-state index contributed by atoms with van der Waals surface area (Å²) in [5, 5.41) is 20.4. The molecule has 0 radical (unpaired) electrons. The normalized spacial score (nSPS) is 10.7. The molecule has 4 aromatic rings. The summed E-state index contributed by atoms with van der Waals surface area (Å²) in [6, 6.07) is 8.77. The monoisotopic (exact) mass is 408 g/mol. The van der Waals surface area contributed by atoms with E-state index in [4.69, 9.17) is 4.74 Å². The zero-order valence-corrected chi connectivity index (χ0v) is 15.8. The van der Waals surface area contributed by atoms with Gasteiger partial charge in [0.15, 0.2) is 11.5 Å². The van der Waals surface area contributed by atoms with E-state index >= 15 is 0 Å². The molecule has 0 atom stereocenters. The molecule has 0 fully saturated rings. The molecular formula is C20H17FN6O3. The molecular weight excluding hydrogens is 391 g/mol. The molecule has 9 nitrogen and oxygen atoms in total. The van der Waals surface area contributed by atoms with Gasteiger partial charge < -0.3 is 20.5 Å². The highest BCUT2D eigenvalue weighted by Gasteiger charge is 2.11. The van der Waals surface area contributed by atoms with Gasteiger partial charge in [0.25, 0.3) is 0 Å². The van der Waals surface area contributed by atoms with Gasteiger partial charge in [-0.1, -0.05) is 6.07 Å². The summed E-state index contributed by atoms with van der Waals surface area (Å²) in [7, 11) is 1.46. The van der Waals surface area contributed by atoms with Crippen LogP contribution in [0, 0.1) is 5.82 Å². The topological polar surface area (TPSA) is 114 Å². The molecule has 0 saturated heterocycles. The van der Waals surface area contributed by atoms with Crippen LogP contribution in [-0.4, -0.2) is 37.9 Å². The Kier molecular flexibility index (Phi) is 5.12. The van der Waals surface area contributed by atoms with Crippen LogP contribution in [0.4, 0.5) is 21.6 Å². The number of nitrogens with one attached hydrogen (secondary N) is 2. The standard InChI is InChI=1S/C20H17FN6O3/c1-30-18-6-15-16(7-17(18)28)22-11-23-20(15)26-14-8-24-27(9-14)10-19(29)25-13-4-2-3-12(21)5-13/h2-9,11,28H,10H2,1H3,(H,25,29)(H,22,23,26). The molecule has 2 aromatic heterocycles. The first-order chi connectivity index (χ1) is 14.5. The third-order valence-corrected chi connectivity index (χ3v) is 4.25. The molecule has 0 unspecified atom stereocenters. The van der Waals surface area contributed by atoms with Gasteiger partial charge in [-0.05, 0) is 24.3 Å². The van der Waals surface area contributed by atoms with Gasteiger partial charge in [-0.3, -0.25) is 9.48 Å². The number of rotatable bonds is 6. The van der Waals surface area contributed by atoms with E-state index in [1.807, 2.05) is 0 Å². The molecule has 0 spiro atoms. The molecule has 0 aliphatic heterocycles. The van der Waals surface area contributed by atoms with Crippen molar-refractivity contribution in [2.75, 3.05) is 17.7 Å². The van der Waals surface area contributed by atoms with Gasteiger partial charge >= 0.3 is 0 Å². The number of aromatic hydroxyl groups is 1. The predicted octanol–water partition coefficient (Wildman–Crippen LogP) is 3.06. The van der Waals surface area contributed by atoms with Crippen molar-refractivity contribution in [3.63, 3.8) is 0 Å². The molecule has 2 aromatic carbocycles. The Bertz CT molecular complexity index is 1230. The van der Waals surface area contributed by atoms with Gasteiger partial charge in [-0.2, -0.15) is 5.10 Å². The summed E-state index contributed by atoms with van der Waals surface area (Å²) >= 11 is 0. The van der Waals surface area contributed by atoms with Crippen molar-refractivity contribution in [3.05, 3.63) is 60.9 Å². The first-order valence-corrected chi connectivity index (χ1v) is 8.88. The fourth-order valence-electron chi connectivity index (χ4n) is 2.90. The van der Waals surface area contributed by atoms with E-state index in [1.165, 1.54) is 42.4 Å². The first kappa shape index (κ1) is 19.1. The number of carbonyl (C=O) groups is 1. The number of nitrogens with zero attached hydrogens (tertiary/aromatic N) is 4. The van der Waals surface area contributed by atoms with Crippen molar-refractivity contribution in [2.45, 2.75) is 6.54 Å². The molecule has 0 aliphatic rings. The second-order valence-electron chi connectivity index (χ2n) is 6.37. The first-order valence-electron chi connectivity index (χ1n) is 8.88. The lowest BCUT2D eigenvalue weighted by Crippen LogP contribution is -2.19. The number of aromatic nitrogens is 4. The molecule has 4 rings (SSSR count). The third kappa shape index (κ3) is 4.12. The Labute approximate surface area is 170 Å². The molecule has 0 saturated carbocycles. The highest BCUT2D eigenvalue weighted by Crippen LogP contribution is 2.33. The molecule has 3 N–H and O–H groups in total. The number of hydrogen-bond acceptors (Lipinski definition) is 7. The number of phenols is 1. The van der Waals surface area contributed by atoms with E-state index in [0.29, 0.717) is 33.8 Å². The van der Waals surface area contributed by atoms with Crippen LogP contribution >= 0.6 is 0 Å². The quantitative estimate of drug-likeness (QED) is 0.449. The highest BCUT2D eigenvalue weighted by molar-refractivity contribution is 5.93. The minimum Gasteiger partial charge on any atom is -0.504 e. The third-order valence-electron chi connectivity index (χ3n) is 4.25. The van der Waals surface area contributed by atoms with Crippen molar-refractivity contribution < 1.29 is 19.0 Å². The van der Waals surface area contributed by atoms with Gasteiger partial charge in [0.1, 0.15) is 24.5 Å². The number of fused-ring (bicyclic) bond motifs is 1. The van der Waals surface area contributed by atoms with E-state index in [1.54, 1.807) is 24.5 Å². The van der Waals surface area contributed by atoms with Crippen LogP contribution in [0.2, 0.25) is 0 Å². The highest BCUT2D eigenvalue weighted by atomic mass is 19.1. The smallest absolute Gasteiger partial charge is 0.246 e. The second kappa shape index (κ2) is 8.03. The zero-order valence-electron chi connectivity index (χ0n) is 15.8. The number of benzene rings is 2. The Morgan fingerprint density at radius 1 is 1.23 bits per heavy atom. The van der Waals surface area contributed by atoms with E-state index < -0.39 is 5.82 Å². The average Bonchev–Trinajstić information content (AvgIpc) is 3.14. The van der Waals surface area contributed by atoms with E-state index in [-0.39, 0.29) is 18.2 Å². The van der Waals surface area contributed by atoms with Crippen LogP contribution in [0.15, 0.2) is 55.1 Å². The maximum Gasteiger partial charge on any atom is 0.246 e. The van der Waals surface area contributed by atoms with Gasteiger partial charge in [0, 0.05) is 23.3 Å². The van der Waals surface area contributed by atoms with Crippen LogP contribution < -0.4 is 15.4 Å². The molecule has 2 heterocycles. The zero-order chi connectivity index (χ0) is 21.1. The Balaban J connectivity index is 1.49. The summed E-state index contributed by atoms with van der Waals surface area (Å²) in [5.41, 5.74) is 1.50. The summed E-state index contributed by atoms with van der Waals surface area (Å²) in [6.07, 6.45) is 4.55. The fourth-order valence-corrected chi connectivity index (χ4v) is 2.90. The summed E-state index contributed by atoms with van der Waals surface area (Å²) in [4.78, 5) is 20.5. The number of phenolic OH excluding ortho intramolecular Hbond substituents is 1. The van der Waals surface area contributed by atoms with Crippen molar-refractivity contribution in [1.82, 2.24) is 19.7 Å². The minimum atomic E-state index is -0.430. The summed E-state index contributed by atoms with van der Waals surface area (Å²) < 4.78 is 19.8. The average molecular weight is 408 g/mol.